The van der Waals surface area contributed by atoms with E-state index in [1.54, 1.807) is 0 Å². The second-order valence-electron chi connectivity index (χ2n) is 2.91. The molecule has 0 spiro atoms. The van der Waals surface area contributed by atoms with E-state index in [2.05, 4.69) is 60.2 Å². The summed E-state index contributed by atoms with van der Waals surface area (Å²) in [5.74, 6) is 0. The minimum Gasteiger partial charge on any atom is -0.0812 e. The molecule has 0 aliphatic rings. The summed E-state index contributed by atoms with van der Waals surface area (Å²) in [5.41, 5.74) is 1.33. The Kier molecular flexibility index (Phi) is 1.93. The number of halogens is 1. The summed E-state index contributed by atoms with van der Waals surface area (Å²) in [6.07, 6.45) is 0. The van der Waals surface area contributed by atoms with E-state index in [1.165, 1.54) is 20.7 Å². The van der Waals surface area contributed by atoms with Crippen LogP contribution in [0.1, 0.15) is 0 Å². The van der Waals surface area contributed by atoms with E-state index in [0.717, 1.165) is 0 Å². The maximum atomic E-state index is 3.53. The molecule has 2 rings (SSSR count). The van der Waals surface area contributed by atoms with Crippen LogP contribution in [0.25, 0.3) is 10.8 Å². The van der Waals surface area contributed by atoms with Crippen molar-refractivity contribution in [3.63, 3.8) is 0 Å². The van der Waals surface area contributed by atoms with Crippen molar-refractivity contribution >= 4 is 40.0 Å². The first-order valence-corrected chi connectivity index (χ1v) is 4.72. The molecule has 0 amide bonds. The molecule has 0 N–H and O–H groups in total. The second kappa shape index (κ2) is 2.94. The van der Waals surface area contributed by atoms with Gasteiger partial charge in [0.15, 0.2) is 0 Å². The molecule has 0 fully saturated rings. The summed E-state index contributed by atoms with van der Waals surface area (Å²) < 4.78 is 1.17. The molecule has 0 nitrogen and oxygen atoms in total. The van der Waals surface area contributed by atoms with Crippen LogP contribution < -0.4 is 5.46 Å². The highest BCUT2D eigenvalue weighted by Gasteiger charge is 1.97. The molecule has 0 atom stereocenters. The number of fused-ring (bicyclic) bond motifs is 1. The van der Waals surface area contributed by atoms with E-state index < -0.39 is 0 Å². The summed E-state index contributed by atoms with van der Waals surface area (Å²) in [5, 5.41) is 2.62. The highest BCUT2D eigenvalue weighted by atomic mass is 79.9. The van der Waals surface area contributed by atoms with Gasteiger partial charge in [-0.15, -0.1) is 0 Å². The smallest absolute Gasteiger partial charge is 0.0812 e. The lowest BCUT2D eigenvalue weighted by atomic mass is 9.90. The third-order valence-corrected chi connectivity index (χ3v) is 2.78. The van der Waals surface area contributed by atoms with Gasteiger partial charge in [-0.25, -0.2) is 0 Å². The minimum absolute atomic E-state index is 1.17. The van der Waals surface area contributed by atoms with Crippen molar-refractivity contribution in [3.05, 3.63) is 40.9 Å². The zero-order valence-electron chi connectivity index (χ0n) is 6.84. The molecule has 0 aliphatic heterocycles. The third kappa shape index (κ3) is 1.16. The number of hydrogen-bond acceptors (Lipinski definition) is 0. The normalized spacial score (nSPS) is 10.4. The first-order valence-electron chi connectivity index (χ1n) is 3.93. The van der Waals surface area contributed by atoms with Gasteiger partial charge >= 0.3 is 0 Å². The lowest BCUT2D eigenvalue weighted by molar-refractivity contribution is 1.73. The second-order valence-corrected chi connectivity index (χ2v) is 3.76. The average Bonchev–Trinajstić information content (AvgIpc) is 2.07. The quantitative estimate of drug-likeness (QED) is 0.593. The first-order chi connectivity index (χ1) is 5.79. The van der Waals surface area contributed by atoms with Crippen LogP contribution in [0.3, 0.4) is 0 Å². The summed E-state index contributed by atoms with van der Waals surface area (Å²) in [4.78, 5) is 0. The Morgan fingerprint density at radius 3 is 2.33 bits per heavy atom. The molecule has 0 heterocycles. The first kappa shape index (κ1) is 7.87. The van der Waals surface area contributed by atoms with Gasteiger partial charge in [0.2, 0.25) is 0 Å². The maximum Gasteiger partial charge on any atom is 0.140 e. The van der Waals surface area contributed by atoms with Crippen molar-refractivity contribution in [2.45, 2.75) is 0 Å². The monoisotopic (exact) mass is 218 g/mol. The van der Waals surface area contributed by atoms with Crippen molar-refractivity contribution in [2.75, 3.05) is 0 Å². The third-order valence-electron chi connectivity index (χ3n) is 2.09. The van der Waals surface area contributed by atoms with E-state index >= 15 is 0 Å². The molecular weight excluding hydrogens is 211 g/mol. The highest BCUT2D eigenvalue weighted by molar-refractivity contribution is 9.10. The zero-order valence-corrected chi connectivity index (χ0v) is 8.43. The Labute approximate surface area is 81.1 Å². The van der Waals surface area contributed by atoms with Crippen LogP contribution in [0, 0.1) is 0 Å². The summed E-state index contributed by atoms with van der Waals surface area (Å²) in [6.45, 7) is 0. The SMILES string of the molecule is Bc1cccc2c(Br)cccc12. The van der Waals surface area contributed by atoms with E-state index in [9.17, 15) is 0 Å². The molecule has 2 aromatic rings. The van der Waals surface area contributed by atoms with Crippen LogP contribution in [-0.4, -0.2) is 7.85 Å². The Hall–Kier alpha value is -0.755. The molecule has 2 aromatic carbocycles. The molecule has 0 aliphatic carbocycles. The maximum absolute atomic E-state index is 3.53. The molecule has 58 valence electrons. The van der Waals surface area contributed by atoms with Gasteiger partial charge in [-0.3, -0.25) is 0 Å². The Morgan fingerprint density at radius 1 is 0.917 bits per heavy atom. The van der Waals surface area contributed by atoms with Gasteiger partial charge in [0.1, 0.15) is 7.85 Å². The largest absolute Gasteiger partial charge is 0.140 e. The summed E-state index contributed by atoms with van der Waals surface area (Å²) in [6, 6.07) is 12.6. The summed E-state index contributed by atoms with van der Waals surface area (Å²) in [7, 11) is 2.13. The predicted molar refractivity (Wildman–Crippen MR) is 59.8 cm³/mol. The molecule has 0 saturated carbocycles. The number of benzene rings is 2. The zero-order chi connectivity index (χ0) is 8.55. The Morgan fingerprint density at radius 2 is 1.58 bits per heavy atom. The fourth-order valence-electron chi connectivity index (χ4n) is 1.43. The Bertz CT molecular complexity index is 382. The fourth-order valence-corrected chi connectivity index (χ4v) is 1.93. The fraction of sp³-hybridized carbons (Fsp3) is 0. The average molecular weight is 219 g/mol. The van der Waals surface area contributed by atoms with Crippen molar-refractivity contribution in [2.24, 2.45) is 0 Å². The van der Waals surface area contributed by atoms with Gasteiger partial charge in [-0.2, -0.15) is 0 Å². The van der Waals surface area contributed by atoms with Crippen molar-refractivity contribution in [1.82, 2.24) is 0 Å². The van der Waals surface area contributed by atoms with Crippen LogP contribution in [-0.2, 0) is 0 Å². The van der Waals surface area contributed by atoms with Gasteiger partial charge < -0.3 is 0 Å². The van der Waals surface area contributed by atoms with E-state index in [1.807, 2.05) is 0 Å². The van der Waals surface area contributed by atoms with E-state index in [-0.39, 0.29) is 0 Å². The van der Waals surface area contributed by atoms with Crippen LogP contribution in [0.4, 0.5) is 0 Å². The Balaban J connectivity index is 2.94. The predicted octanol–water partition coefficient (Wildman–Crippen LogP) is 1.86. The van der Waals surface area contributed by atoms with Crippen molar-refractivity contribution < 1.29 is 0 Å². The summed E-state index contributed by atoms with van der Waals surface area (Å²) >= 11 is 3.53. The van der Waals surface area contributed by atoms with Crippen molar-refractivity contribution in [1.29, 1.82) is 0 Å². The lowest BCUT2D eigenvalue weighted by Gasteiger charge is -2.02. The topological polar surface area (TPSA) is 0 Å². The molecule has 0 unspecified atom stereocenters. The van der Waals surface area contributed by atoms with Gasteiger partial charge in [0, 0.05) is 4.47 Å². The van der Waals surface area contributed by atoms with Crippen LogP contribution in [0.2, 0.25) is 0 Å². The standard InChI is InChI=1S/C10H8BBr/c11-9-5-1-4-8-7(9)3-2-6-10(8)12/h1-6H,11H2. The van der Waals surface area contributed by atoms with Gasteiger partial charge in [-0.1, -0.05) is 51.7 Å². The van der Waals surface area contributed by atoms with E-state index in [4.69, 9.17) is 0 Å². The van der Waals surface area contributed by atoms with Gasteiger partial charge in [0.05, 0.1) is 0 Å². The van der Waals surface area contributed by atoms with Gasteiger partial charge in [-0.05, 0) is 16.8 Å². The minimum atomic E-state index is 1.17. The van der Waals surface area contributed by atoms with Crippen molar-refractivity contribution in [3.8, 4) is 0 Å². The van der Waals surface area contributed by atoms with Crippen LogP contribution in [0.5, 0.6) is 0 Å². The molecule has 12 heavy (non-hydrogen) atoms. The highest BCUT2D eigenvalue weighted by Crippen LogP contribution is 2.21. The van der Waals surface area contributed by atoms with Crippen LogP contribution >= 0.6 is 15.9 Å². The van der Waals surface area contributed by atoms with Gasteiger partial charge in [0.25, 0.3) is 0 Å². The lowest BCUT2D eigenvalue weighted by Crippen LogP contribution is -2.02. The molecule has 0 bridgehead atoms. The molecule has 0 saturated heterocycles. The number of hydrogen-bond donors (Lipinski definition) is 0. The van der Waals surface area contributed by atoms with E-state index in [0.29, 0.717) is 0 Å². The molecule has 0 radical (unpaired) electrons. The number of rotatable bonds is 0. The molecular formula is C10H8BBr. The molecule has 0 aromatic heterocycles. The van der Waals surface area contributed by atoms with Crippen LogP contribution in [0.15, 0.2) is 40.9 Å². The molecule has 2 heteroatoms.